The van der Waals surface area contributed by atoms with Crippen molar-refractivity contribution in [2.45, 2.75) is 83.7 Å². The molecule has 2 aliphatic rings. The SMILES string of the molecule is COc1ccccc1CC(=O)N1C2CCC1CC(Cc1cccc(NC(=O)Nc3cc(C(C)(C)C)nn3-c3ccc(C)cc3)c1)C2. The number of amides is 3. The summed E-state index contributed by atoms with van der Waals surface area (Å²) in [7, 11) is 1.65. The number of carbonyl (C=O) groups excluding carboxylic acids is 2. The van der Waals surface area contributed by atoms with E-state index in [0.29, 0.717) is 18.2 Å². The smallest absolute Gasteiger partial charge is 0.324 e. The number of carbonyl (C=O) groups is 2. The number of aryl methyl sites for hydroxylation is 1. The number of benzene rings is 3. The molecule has 2 atom stereocenters. The van der Waals surface area contributed by atoms with Gasteiger partial charge in [-0.2, -0.15) is 5.10 Å². The molecule has 0 aliphatic carbocycles. The van der Waals surface area contributed by atoms with Crippen LogP contribution in [0.5, 0.6) is 5.75 Å². The Bertz CT molecular complexity index is 1690. The molecular formula is C38H45N5O3. The Morgan fingerprint density at radius 1 is 0.913 bits per heavy atom. The summed E-state index contributed by atoms with van der Waals surface area (Å²) < 4.78 is 7.27. The standard InChI is InChI=1S/C38H45N5O3/c1-25-13-15-30(16-14-25)43-35(24-34(41-43)38(2,3)4)40-37(45)39-29-11-8-9-26(20-29)19-27-21-31-17-18-32(22-27)42(31)36(44)23-28-10-6-7-12-33(28)46-5/h6-16,20,24,27,31-32H,17-19,21-23H2,1-5H3,(H2,39,40,45). The van der Waals surface area contributed by atoms with Gasteiger partial charge in [-0.1, -0.05) is 68.8 Å². The zero-order chi connectivity index (χ0) is 32.4. The number of anilines is 2. The zero-order valence-electron chi connectivity index (χ0n) is 27.5. The van der Waals surface area contributed by atoms with E-state index in [4.69, 9.17) is 9.84 Å². The van der Waals surface area contributed by atoms with E-state index in [1.807, 2.05) is 73.7 Å². The van der Waals surface area contributed by atoms with Crippen molar-refractivity contribution in [2.24, 2.45) is 5.92 Å². The van der Waals surface area contributed by atoms with Gasteiger partial charge >= 0.3 is 6.03 Å². The molecule has 46 heavy (non-hydrogen) atoms. The van der Waals surface area contributed by atoms with Gasteiger partial charge in [-0.05, 0) is 80.8 Å². The van der Waals surface area contributed by atoms with Gasteiger partial charge in [0.1, 0.15) is 11.6 Å². The molecule has 8 heteroatoms. The number of para-hydroxylation sites is 1. The Kier molecular flexibility index (Phi) is 8.89. The molecular weight excluding hydrogens is 574 g/mol. The van der Waals surface area contributed by atoms with Crippen LogP contribution in [0.3, 0.4) is 0 Å². The maximum Gasteiger partial charge on any atom is 0.324 e. The minimum Gasteiger partial charge on any atom is -0.496 e. The lowest BCUT2D eigenvalue weighted by Gasteiger charge is -2.39. The second-order valence-corrected chi connectivity index (χ2v) is 13.9. The van der Waals surface area contributed by atoms with Gasteiger partial charge in [0.05, 0.1) is 24.9 Å². The highest BCUT2D eigenvalue weighted by atomic mass is 16.5. The third-order valence-corrected chi connectivity index (χ3v) is 9.36. The molecule has 3 heterocycles. The number of aromatic nitrogens is 2. The Morgan fingerprint density at radius 3 is 2.33 bits per heavy atom. The number of hydrogen-bond acceptors (Lipinski definition) is 4. The maximum atomic E-state index is 13.4. The zero-order valence-corrected chi connectivity index (χ0v) is 27.5. The van der Waals surface area contributed by atoms with Crippen molar-refractivity contribution in [1.29, 1.82) is 0 Å². The Hall–Kier alpha value is -4.59. The quantitative estimate of drug-likeness (QED) is 0.212. The third-order valence-electron chi connectivity index (χ3n) is 9.36. The van der Waals surface area contributed by atoms with Gasteiger partial charge in [-0.15, -0.1) is 0 Å². The second kappa shape index (κ2) is 13.0. The summed E-state index contributed by atoms with van der Waals surface area (Å²) in [6, 6.07) is 26.2. The molecule has 4 aromatic rings. The summed E-state index contributed by atoms with van der Waals surface area (Å²) in [5, 5.41) is 10.9. The predicted octanol–water partition coefficient (Wildman–Crippen LogP) is 7.69. The van der Waals surface area contributed by atoms with E-state index in [1.54, 1.807) is 11.8 Å². The molecule has 2 aliphatic heterocycles. The lowest BCUT2D eigenvalue weighted by atomic mass is 9.85. The van der Waals surface area contributed by atoms with Gasteiger partial charge < -0.3 is 15.0 Å². The van der Waals surface area contributed by atoms with E-state index in [9.17, 15) is 9.59 Å². The highest BCUT2D eigenvalue weighted by Crippen LogP contribution is 2.40. The minimum atomic E-state index is -0.314. The number of urea groups is 1. The normalized spacial score (nSPS) is 19.2. The lowest BCUT2D eigenvalue weighted by molar-refractivity contribution is -0.135. The molecule has 2 N–H and O–H groups in total. The van der Waals surface area contributed by atoms with Crippen molar-refractivity contribution in [3.63, 3.8) is 0 Å². The summed E-state index contributed by atoms with van der Waals surface area (Å²) in [4.78, 5) is 28.8. The van der Waals surface area contributed by atoms with Crippen LogP contribution in [0.15, 0.2) is 78.9 Å². The van der Waals surface area contributed by atoms with Crippen LogP contribution in [0.2, 0.25) is 0 Å². The highest BCUT2D eigenvalue weighted by molar-refractivity contribution is 5.99. The molecule has 2 saturated heterocycles. The fourth-order valence-corrected chi connectivity index (χ4v) is 7.07. The molecule has 8 nitrogen and oxygen atoms in total. The summed E-state index contributed by atoms with van der Waals surface area (Å²) in [6.45, 7) is 8.38. The van der Waals surface area contributed by atoms with Gasteiger partial charge in [-0.3, -0.25) is 10.1 Å². The predicted molar refractivity (Wildman–Crippen MR) is 183 cm³/mol. The van der Waals surface area contributed by atoms with Gasteiger partial charge in [-0.25, -0.2) is 9.48 Å². The van der Waals surface area contributed by atoms with Crippen LogP contribution in [0.1, 0.15) is 68.8 Å². The van der Waals surface area contributed by atoms with E-state index < -0.39 is 0 Å². The molecule has 2 bridgehead atoms. The fourth-order valence-electron chi connectivity index (χ4n) is 7.07. The molecule has 6 rings (SSSR count). The van der Waals surface area contributed by atoms with Crippen molar-refractivity contribution in [1.82, 2.24) is 14.7 Å². The third kappa shape index (κ3) is 6.96. The minimum absolute atomic E-state index is 0.171. The molecule has 3 aromatic carbocycles. The van der Waals surface area contributed by atoms with Crippen molar-refractivity contribution >= 4 is 23.4 Å². The summed E-state index contributed by atoms with van der Waals surface area (Å²) in [5.74, 6) is 2.08. The molecule has 0 saturated carbocycles. The molecule has 0 radical (unpaired) electrons. The topological polar surface area (TPSA) is 88.5 Å². The van der Waals surface area contributed by atoms with E-state index >= 15 is 0 Å². The number of piperidine rings is 1. The number of fused-ring (bicyclic) bond motifs is 2. The first kappa shape index (κ1) is 31.4. The Balaban J connectivity index is 1.09. The molecule has 2 fully saturated rings. The largest absolute Gasteiger partial charge is 0.496 e. The van der Waals surface area contributed by atoms with Crippen molar-refractivity contribution < 1.29 is 14.3 Å². The van der Waals surface area contributed by atoms with Crippen LogP contribution in [0, 0.1) is 12.8 Å². The first-order valence-electron chi connectivity index (χ1n) is 16.3. The molecule has 2 unspecified atom stereocenters. The number of ether oxygens (including phenoxy) is 1. The second-order valence-electron chi connectivity index (χ2n) is 13.9. The van der Waals surface area contributed by atoms with Gasteiger partial charge in [0.15, 0.2) is 0 Å². The highest BCUT2D eigenvalue weighted by Gasteiger charge is 2.43. The van der Waals surface area contributed by atoms with Crippen molar-refractivity contribution in [2.75, 3.05) is 17.7 Å². The number of nitrogens with one attached hydrogen (secondary N) is 2. The van der Waals surface area contributed by atoms with Crippen LogP contribution in [0.25, 0.3) is 5.69 Å². The summed E-state index contributed by atoms with van der Waals surface area (Å²) in [5.41, 5.74) is 5.66. The van der Waals surface area contributed by atoms with Gasteiger partial charge in [0.2, 0.25) is 5.91 Å². The average molecular weight is 620 g/mol. The maximum absolute atomic E-state index is 13.4. The van der Waals surface area contributed by atoms with Crippen LogP contribution in [0.4, 0.5) is 16.3 Å². The number of nitrogens with zero attached hydrogens (tertiary/aromatic N) is 3. The van der Waals surface area contributed by atoms with Crippen molar-refractivity contribution in [3.05, 3.63) is 101 Å². The summed E-state index contributed by atoms with van der Waals surface area (Å²) in [6.07, 6.45) is 5.44. The molecule has 0 spiro atoms. The molecule has 240 valence electrons. The molecule has 3 amide bonds. The first-order valence-corrected chi connectivity index (χ1v) is 16.3. The van der Waals surface area contributed by atoms with E-state index in [2.05, 4.69) is 48.4 Å². The molecule has 1 aromatic heterocycles. The van der Waals surface area contributed by atoms with Gasteiger partial charge in [0.25, 0.3) is 0 Å². The van der Waals surface area contributed by atoms with Gasteiger partial charge in [0, 0.05) is 34.8 Å². The van der Waals surface area contributed by atoms with E-state index in [1.165, 1.54) is 5.56 Å². The first-order chi connectivity index (χ1) is 22.1. The lowest BCUT2D eigenvalue weighted by Crippen LogP contribution is -2.47. The van der Waals surface area contributed by atoms with Crippen LogP contribution >= 0.6 is 0 Å². The van der Waals surface area contributed by atoms with Crippen LogP contribution in [-0.2, 0) is 23.1 Å². The average Bonchev–Trinajstić information content (AvgIpc) is 3.56. The Morgan fingerprint density at radius 2 is 1.63 bits per heavy atom. The number of rotatable bonds is 8. The van der Waals surface area contributed by atoms with Crippen LogP contribution < -0.4 is 15.4 Å². The number of hydrogen-bond donors (Lipinski definition) is 2. The van der Waals surface area contributed by atoms with E-state index in [0.717, 1.165) is 66.0 Å². The Labute approximate surface area is 272 Å². The van der Waals surface area contributed by atoms with Crippen LogP contribution in [-0.4, -0.2) is 45.8 Å². The summed E-state index contributed by atoms with van der Waals surface area (Å²) >= 11 is 0. The monoisotopic (exact) mass is 619 g/mol. The van der Waals surface area contributed by atoms with Crippen molar-refractivity contribution in [3.8, 4) is 11.4 Å². The number of methoxy groups -OCH3 is 1. The van der Waals surface area contributed by atoms with E-state index in [-0.39, 0.29) is 29.4 Å². The fraction of sp³-hybridized carbons (Fsp3) is 0.395.